The van der Waals surface area contributed by atoms with Crippen molar-refractivity contribution in [2.45, 2.75) is 0 Å². The topological polar surface area (TPSA) is 70.6 Å². The first-order valence-corrected chi connectivity index (χ1v) is 5.81. The predicted octanol–water partition coefficient (Wildman–Crippen LogP) is 3.30. The molecule has 4 N–H and O–H groups in total. The van der Waals surface area contributed by atoms with E-state index < -0.39 is 0 Å². The number of phenolic OH excluding ortho intramolecular Hbond substituents is 1. The standard InChI is InChI=1S/C15H15N3O/c1-2-15(17-11-6-5-7-12(19)10-11)18-14-9-4-3-8-13(14)16/h2-10,19H,1,16H2,(H,17,18). The number of rotatable bonds is 3. The minimum Gasteiger partial charge on any atom is -0.508 e. The van der Waals surface area contributed by atoms with Gasteiger partial charge in [0.05, 0.1) is 11.4 Å². The molecule has 4 nitrogen and oxygen atoms in total. The maximum absolute atomic E-state index is 9.41. The molecule has 0 amide bonds. The van der Waals surface area contributed by atoms with Gasteiger partial charge in [0.1, 0.15) is 11.6 Å². The van der Waals surface area contributed by atoms with Crippen LogP contribution in [0.2, 0.25) is 0 Å². The van der Waals surface area contributed by atoms with E-state index in [1.54, 1.807) is 30.3 Å². The van der Waals surface area contributed by atoms with Gasteiger partial charge in [-0.05, 0) is 30.3 Å². The van der Waals surface area contributed by atoms with E-state index >= 15 is 0 Å². The predicted molar refractivity (Wildman–Crippen MR) is 79.9 cm³/mol. The molecule has 96 valence electrons. The van der Waals surface area contributed by atoms with Gasteiger partial charge >= 0.3 is 0 Å². The molecule has 0 unspecified atom stereocenters. The summed E-state index contributed by atoms with van der Waals surface area (Å²) in [4.78, 5) is 4.38. The Bertz CT molecular complexity index is 620. The van der Waals surface area contributed by atoms with E-state index in [0.717, 1.165) is 5.69 Å². The van der Waals surface area contributed by atoms with E-state index in [0.29, 0.717) is 17.2 Å². The van der Waals surface area contributed by atoms with Gasteiger partial charge in [-0.2, -0.15) is 0 Å². The van der Waals surface area contributed by atoms with Gasteiger partial charge in [0.2, 0.25) is 0 Å². The van der Waals surface area contributed by atoms with Crippen LogP contribution in [0.5, 0.6) is 5.75 Å². The lowest BCUT2D eigenvalue weighted by Crippen LogP contribution is -2.08. The van der Waals surface area contributed by atoms with Crippen molar-refractivity contribution < 1.29 is 5.11 Å². The third-order valence-electron chi connectivity index (χ3n) is 2.49. The third kappa shape index (κ3) is 3.35. The number of hydrogen-bond donors (Lipinski definition) is 3. The van der Waals surface area contributed by atoms with Crippen molar-refractivity contribution in [3.05, 3.63) is 61.2 Å². The molecule has 19 heavy (non-hydrogen) atoms. The average molecular weight is 253 g/mol. The van der Waals surface area contributed by atoms with E-state index in [1.807, 2.05) is 24.3 Å². The summed E-state index contributed by atoms with van der Waals surface area (Å²) in [6, 6.07) is 14.1. The van der Waals surface area contributed by atoms with Crippen LogP contribution in [0.15, 0.2) is 66.2 Å². The summed E-state index contributed by atoms with van der Waals surface area (Å²) in [6.07, 6.45) is 1.59. The summed E-state index contributed by atoms with van der Waals surface area (Å²) in [6.45, 7) is 3.71. The van der Waals surface area contributed by atoms with Crippen LogP contribution in [-0.4, -0.2) is 10.9 Å². The Morgan fingerprint density at radius 1 is 1.21 bits per heavy atom. The molecule has 4 heteroatoms. The molecule has 0 saturated carbocycles. The summed E-state index contributed by atoms with van der Waals surface area (Å²) >= 11 is 0. The van der Waals surface area contributed by atoms with Gasteiger partial charge < -0.3 is 16.2 Å². The quantitative estimate of drug-likeness (QED) is 0.446. The van der Waals surface area contributed by atoms with Crippen molar-refractivity contribution in [2.24, 2.45) is 4.99 Å². The fourth-order valence-corrected chi connectivity index (χ4v) is 1.58. The van der Waals surface area contributed by atoms with E-state index in [1.165, 1.54) is 0 Å². The number of phenols is 1. The molecule has 0 aliphatic carbocycles. The monoisotopic (exact) mass is 253 g/mol. The highest BCUT2D eigenvalue weighted by molar-refractivity contribution is 6.05. The minimum absolute atomic E-state index is 0.188. The number of para-hydroxylation sites is 2. The zero-order valence-electron chi connectivity index (χ0n) is 10.4. The average Bonchev–Trinajstić information content (AvgIpc) is 2.40. The fraction of sp³-hybridized carbons (Fsp3) is 0. The molecular weight excluding hydrogens is 238 g/mol. The molecule has 0 aliphatic rings. The summed E-state index contributed by atoms with van der Waals surface area (Å²) in [5, 5.41) is 12.5. The lowest BCUT2D eigenvalue weighted by Gasteiger charge is -2.07. The highest BCUT2D eigenvalue weighted by Gasteiger charge is 2.00. The maximum Gasteiger partial charge on any atom is 0.130 e. The third-order valence-corrected chi connectivity index (χ3v) is 2.49. The maximum atomic E-state index is 9.41. The van der Waals surface area contributed by atoms with Crippen LogP contribution in [-0.2, 0) is 0 Å². The number of anilines is 2. The van der Waals surface area contributed by atoms with Crippen LogP contribution in [0.25, 0.3) is 0 Å². The zero-order chi connectivity index (χ0) is 13.7. The number of amidine groups is 1. The summed E-state index contributed by atoms with van der Waals surface area (Å²) < 4.78 is 0. The van der Waals surface area contributed by atoms with Gasteiger partial charge in [-0.25, -0.2) is 4.99 Å². The molecule has 0 saturated heterocycles. The zero-order valence-corrected chi connectivity index (χ0v) is 10.4. The van der Waals surface area contributed by atoms with E-state index in [4.69, 9.17) is 5.73 Å². The number of nitrogens with zero attached hydrogens (tertiary/aromatic N) is 1. The Labute approximate surface area is 111 Å². The van der Waals surface area contributed by atoms with Crippen LogP contribution in [0.3, 0.4) is 0 Å². The Morgan fingerprint density at radius 3 is 2.68 bits per heavy atom. The van der Waals surface area contributed by atoms with Crippen LogP contribution < -0.4 is 11.1 Å². The van der Waals surface area contributed by atoms with Crippen molar-refractivity contribution in [3.63, 3.8) is 0 Å². The molecule has 0 aliphatic heterocycles. The number of hydrogen-bond acceptors (Lipinski definition) is 3. The molecule has 0 spiro atoms. The van der Waals surface area contributed by atoms with Crippen molar-refractivity contribution in [2.75, 3.05) is 11.1 Å². The number of benzene rings is 2. The normalized spacial score (nSPS) is 11.1. The lowest BCUT2D eigenvalue weighted by molar-refractivity contribution is 0.475. The molecule has 0 heterocycles. The second kappa shape index (κ2) is 5.73. The SMILES string of the molecule is C=CC(=Nc1ccccc1N)Nc1cccc(O)c1. The number of nitrogens with one attached hydrogen (secondary N) is 1. The van der Waals surface area contributed by atoms with Gasteiger partial charge in [-0.3, -0.25) is 0 Å². The first kappa shape index (κ1) is 12.7. The summed E-state index contributed by atoms with van der Waals surface area (Å²) in [7, 11) is 0. The largest absolute Gasteiger partial charge is 0.508 e. The van der Waals surface area contributed by atoms with Gasteiger partial charge in [0.25, 0.3) is 0 Å². The summed E-state index contributed by atoms with van der Waals surface area (Å²) in [5.74, 6) is 0.746. The Morgan fingerprint density at radius 2 is 2.00 bits per heavy atom. The second-order valence-corrected chi connectivity index (χ2v) is 3.94. The van der Waals surface area contributed by atoms with Crippen LogP contribution >= 0.6 is 0 Å². The Hall–Kier alpha value is -2.75. The number of nitrogen functional groups attached to an aromatic ring is 1. The molecule has 2 aromatic rings. The molecule has 2 rings (SSSR count). The van der Waals surface area contributed by atoms with Crippen LogP contribution in [0.4, 0.5) is 17.1 Å². The molecule has 2 aromatic carbocycles. The fourth-order valence-electron chi connectivity index (χ4n) is 1.58. The minimum atomic E-state index is 0.188. The van der Waals surface area contributed by atoms with E-state index in [-0.39, 0.29) is 5.75 Å². The second-order valence-electron chi connectivity index (χ2n) is 3.94. The molecule has 0 atom stereocenters. The van der Waals surface area contributed by atoms with E-state index in [2.05, 4.69) is 16.9 Å². The number of aliphatic imine (C=N–C) groups is 1. The van der Waals surface area contributed by atoms with Crippen molar-refractivity contribution in [1.82, 2.24) is 0 Å². The number of aromatic hydroxyl groups is 1. The van der Waals surface area contributed by atoms with Crippen molar-refractivity contribution >= 4 is 22.9 Å². The van der Waals surface area contributed by atoms with Crippen molar-refractivity contribution in [3.8, 4) is 5.75 Å². The molecular formula is C15H15N3O. The van der Waals surface area contributed by atoms with Crippen LogP contribution in [0.1, 0.15) is 0 Å². The molecule has 0 radical (unpaired) electrons. The highest BCUT2D eigenvalue weighted by Crippen LogP contribution is 2.22. The highest BCUT2D eigenvalue weighted by atomic mass is 16.3. The van der Waals surface area contributed by atoms with Gasteiger partial charge in [0, 0.05) is 11.8 Å². The first-order valence-electron chi connectivity index (χ1n) is 5.81. The van der Waals surface area contributed by atoms with Gasteiger partial charge in [-0.15, -0.1) is 0 Å². The smallest absolute Gasteiger partial charge is 0.130 e. The summed E-state index contributed by atoms with van der Waals surface area (Å²) in [5.41, 5.74) is 7.83. The van der Waals surface area contributed by atoms with Gasteiger partial charge in [0.15, 0.2) is 0 Å². The van der Waals surface area contributed by atoms with Gasteiger partial charge in [-0.1, -0.05) is 24.8 Å². The van der Waals surface area contributed by atoms with Crippen LogP contribution in [0, 0.1) is 0 Å². The Balaban J connectivity index is 2.26. The molecule has 0 bridgehead atoms. The van der Waals surface area contributed by atoms with E-state index in [9.17, 15) is 5.11 Å². The first-order chi connectivity index (χ1) is 9.19. The molecule has 0 fully saturated rings. The number of nitrogens with two attached hydrogens (primary N) is 1. The lowest BCUT2D eigenvalue weighted by atomic mass is 10.2. The molecule has 0 aromatic heterocycles. The Kier molecular flexibility index (Phi) is 3.83. The van der Waals surface area contributed by atoms with Crippen molar-refractivity contribution in [1.29, 1.82) is 0 Å².